The molecule has 0 aromatic heterocycles. The second-order valence-electron chi connectivity index (χ2n) is 7.32. The average Bonchev–Trinajstić information content (AvgIpc) is 2.94. The number of thiocarbonyl (C=S) groups is 1. The summed E-state index contributed by atoms with van der Waals surface area (Å²) in [6, 6.07) is 9.70. The van der Waals surface area contributed by atoms with Crippen LogP contribution in [-0.2, 0) is 6.18 Å². The Bertz CT molecular complexity index is 994. The Kier molecular flexibility index (Phi) is 5.54. The van der Waals surface area contributed by atoms with Gasteiger partial charge in [0.1, 0.15) is 5.82 Å². The minimum absolute atomic E-state index is 0.166. The Balaban J connectivity index is 1.98. The van der Waals surface area contributed by atoms with E-state index >= 15 is 0 Å². The summed E-state index contributed by atoms with van der Waals surface area (Å²) in [6.45, 7) is 6.06. The Morgan fingerprint density at radius 2 is 1.86 bits per heavy atom. The van der Waals surface area contributed by atoms with Crippen LogP contribution in [0.15, 0.2) is 36.4 Å². The molecule has 3 rings (SSSR count). The van der Waals surface area contributed by atoms with Gasteiger partial charge in [0.2, 0.25) is 0 Å². The molecule has 1 saturated heterocycles. The predicted octanol–water partition coefficient (Wildman–Crippen LogP) is 5.84. The molecule has 29 heavy (non-hydrogen) atoms. The number of benzene rings is 2. The maximum absolute atomic E-state index is 14.7. The number of hydrogen-bond acceptors (Lipinski definition) is 2. The van der Waals surface area contributed by atoms with Crippen molar-refractivity contribution in [1.82, 2.24) is 0 Å². The SMILES string of the molecule is CC(C)c1ccc(N2CC(C)N(c3ccc(C#N)c(C(F)(F)F)c3)C2=S)c(F)c1. The molecule has 1 unspecified atom stereocenters. The number of halogens is 4. The number of nitriles is 1. The summed E-state index contributed by atoms with van der Waals surface area (Å²) in [5, 5.41) is 9.20. The van der Waals surface area contributed by atoms with Crippen molar-refractivity contribution in [1.29, 1.82) is 5.26 Å². The summed E-state index contributed by atoms with van der Waals surface area (Å²) in [7, 11) is 0. The highest BCUT2D eigenvalue weighted by atomic mass is 32.1. The summed E-state index contributed by atoms with van der Waals surface area (Å²) in [5.41, 5.74) is -0.109. The van der Waals surface area contributed by atoms with E-state index in [4.69, 9.17) is 17.5 Å². The fraction of sp³-hybridized carbons (Fsp3) is 0.333. The van der Waals surface area contributed by atoms with E-state index in [0.29, 0.717) is 12.2 Å². The molecule has 1 aliphatic rings. The van der Waals surface area contributed by atoms with Gasteiger partial charge < -0.3 is 9.80 Å². The van der Waals surface area contributed by atoms with Crippen LogP contribution in [0.3, 0.4) is 0 Å². The third-order valence-corrected chi connectivity index (χ3v) is 5.38. The predicted molar refractivity (Wildman–Crippen MR) is 109 cm³/mol. The van der Waals surface area contributed by atoms with E-state index in [1.807, 2.05) is 19.9 Å². The Labute approximate surface area is 172 Å². The molecule has 0 spiro atoms. The number of alkyl halides is 3. The molecule has 0 N–H and O–H groups in total. The molecule has 2 aromatic carbocycles. The van der Waals surface area contributed by atoms with Crippen LogP contribution < -0.4 is 9.80 Å². The van der Waals surface area contributed by atoms with Crippen molar-refractivity contribution in [2.75, 3.05) is 16.3 Å². The van der Waals surface area contributed by atoms with Crippen LogP contribution in [0.1, 0.15) is 43.4 Å². The van der Waals surface area contributed by atoms with Crippen LogP contribution in [0.4, 0.5) is 28.9 Å². The first-order valence-corrected chi connectivity index (χ1v) is 9.47. The molecular weight excluding hydrogens is 402 g/mol. The lowest BCUT2D eigenvalue weighted by atomic mass is 10.0. The third kappa shape index (κ3) is 3.92. The largest absolute Gasteiger partial charge is 0.417 e. The number of anilines is 2. The van der Waals surface area contributed by atoms with Crippen molar-refractivity contribution in [3.63, 3.8) is 0 Å². The van der Waals surface area contributed by atoms with Crippen LogP contribution in [0, 0.1) is 17.1 Å². The van der Waals surface area contributed by atoms with Crippen molar-refractivity contribution < 1.29 is 17.6 Å². The first kappa shape index (κ1) is 21.1. The van der Waals surface area contributed by atoms with E-state index < -0.39 is 23.1 Å². The molecule has 0 amide bonds. The highest BCUT2D eigenvalue weighted by molar-refractivity contribution is 7.80. The molecule has 1 aliphatic heterocycles. The fourth-order valence-corrected chi connectivity index (χ4v) is 3.88. The zero-order valence-corrected chi connectivity index (χ0v) is 16.9. The van der Waals surface area contributed by atoms with Gasteiger partial charge in [0.25, 0.3) is 0 Å². The smallest absolute Gasteiger partial charge is 0.314 e. The highest BCUT2D eigenvalue weighted by Crippen LogP contribution is 2.37. The Morgan fingerprint density at radius 3 is 2.41 bits per heavy atom. The first-order chi connectivity index (χ1) is 13.5. The molecule has 1 atom stereocenters. The van der Waals surface area contributed by atoms with Gasteiger partial charge in [0, 0.05) is 12.2 Å². The molecular formula is C21H19F4N3S. The summed E-state index contributed by atoms with van der Waals surface area (Å²) in [6.07, 6.45) is -4.66. The van der Waals surface area contributed by atoms with Crippen LogP contribution in [0.25, 0.3) is 0 Å². The quantitative estimate of drug-likeness (QED) is 0.460. The standard InChI is InChI=1S/C21H19F4N3S/c1-12(2)14-5-7-19(18(22)8-14)27-11-13(3)28(20(27)29)16-6-4-15(10-26)17(9-16)21(23,24)25/h4-9,12-13H,11H2,1-3H3. The van der Waals surface area contributed by atoms with Gasteiger partial charge in [-0.1, -0.05) is 19.9 Å². The molecule has 0 bridgehead atoms. The van der Waals surface area contributed by atoms with Crippen molar-refractivity contribution >= 4 is 28.7 Å². The van der Waals surface area contributed by atoms with Crippen LogP contribution >= 0.6 is 12.2 Å². The maximum atomic E-state index is 14.7. The highest BCUT2D eigenvalue weighted by Gasteiger charge is 2.38. The van der Waals surface area contributed by atoms with E-state index in [9.17, 15) is 17.6 Å². The maximum Gasteiger partial charge on any atom is 0.417 e. The lowest BCUT2D eigenvalue weighted by Crippen LogP contribution is -2.34. The minimum atomic E-state index is -4.66. The van der Waals surface area contributed by atoms with Gasteiger partial charge in [-0.2, -0.15) is 18.4 Å². The van der Waals surface area contributed by atoms with Crippen molar-refractivity contribution in [2.24, 2.45) is 0 Å². The van der Waals surface area contributed by atoms with E-state index in [2.05, 4.69) is 0 Å². The lowest BCUT2D eigenvalue weighted by molar-refractivity contribution is -0.137. The topological polar surface area (TPSA) is 30.3 Å². The molecule has 152 valence electrons. The molecule has 3 nitrogen and oxygen atoms in total. The third-order valence-electron chi connectivity index (χ3n) is 4.96. The normalized spacial score (nSPS) is 17.2. The van der Waals surface area contributed by atoms with E-state index in [1.54, 1.807) is 28.9 Å². The van der Waals surface area contributed by atoms with Gasteiger partial charge in [-0.15, -0.1) is 0 Å². The van der Waals surface area contributed by atoms with Gasteiger partial charge in [0.05, 0.1) is 28.9 Å². The number of rotatable bonds is 3. The van der Waals surface area contributed by atoms with Crippen molar-refractivity contribution in [3.05, 3.63) is 58.9 Å². The van der Waals surface area contributed by atoms with Gasteiger partial charge in [-0.25, -0.2) is 4.39 Å². The Hall–Kier alpha value is -2.66. The van der Waals surface area contributed by atoms with Gasteiger partial charge in [-0.05, 0) is 61.0 Å². The molecule has 0 aliphatic carbocycles. The molecule has 2 aromatic rings. The molecule has 8 heteroatoms. The molecule has 1 fully saturated rings. The van der Waals surface area contributed by atoms with Crippen molar-refractivity contribution in [3.8, 4) is 6.07 Å². The Morgan fingerprint density at radius 1 is 1.17 bits per heavy atom. The van der Waals surface area contributed by atoms with Crippen molar-refractivity contribution in [2.45, 2.75) is 38.9 Å². The number of hydrogen-bond donors (Lipinski definition) is 0. The number of nitrogens with zero attached hydrogens (tertiary/aromatic N) is 3. The van der Waals surface area contributed by atoms with E-state index in [0.717, 1.165) is 17.7 Å². The van der Waals surface area contributed by atoms with Crippen LogP contribution in [0.5, 0.6) is 0 Å². The monoisotopic (exact) mass is 421 g/mol. The zero-order chi connectivity index (χ0) is 21.5. The van der Waals surface area contributed by atoms with E-state index in [-0.39, 0.29) is 22.8 Å². The summed E-state index contributed by atoms with van der Waals surface area (Å²) in [4.78, 5) is 3.15. The summed E-state index contributed by atoms with van der Waals surface area (Å²) in [5.74, 6) is -0.262. The van der Waals surface area contributed by atoms with Gasteiger partial charge >= 0.3 is 6.18 Å². The molecule has 0 radical (unpaired) electrons. The summed E-state index contributed by atoms with van der Waals surface area (Å²) < 4.78 is 54.7. The minimum Gasteiger partial charge on any atom is -0.314 e. The first-order valence-electron chi connectivity index (χ1n) is 9.06. The second kappa shape index (κ2) is 7.64. The second-order valence-corrected chi connectivity index (χ2v) is 7.68. The zero-order valence-electron chi connectivity index (χ0n) is 16.1. The van der Waals surface area contributed by atoms with E-state index in [1.165, 1.54) is 12.1 Å². The molecule has 1 heterocycles. The van der Waals surface area contributed by atoms with Crippen LogP contribution in [0.2, 0.25) is 0 Å². The summed E-state index contributed by atoms with van der Waals surface area (Å²) >= 11 is 5.48. The fourth-order valence-electron chi connectivity index (χ4n) is 3.42. The van der Waals surface area contributed by atoms with Gasteiger partial charge in [-0.3, -0.25) is 0 Å². The lowest BCUT2D eigenvalue weighted by Gasteiger charge is -2.25. The molecule has 0 saturated carbocycles. The van der Waals surface area contributed by atoms with Gasteiger partial charge in [0.15, 0.2) is 5.11 Å². The average molecular weight is 421 g/mol. The van der Waals surface area contributed by atoms with Crippen LogP contribution in [-0.4, -0.2) is 17.7 Å².